The standard InChI is InChI=1S/C13H20N2O3S/c1-3-10-15(19(2,17)18)11-9-14-13(16)12-7-5-4-6-8-12/h4-8H,3,9-11H2,1-2H3,(H,14,16). The van der Waals surface area contributed by atoms with E-state index < -0.39 is 10.0 Å². The van der Waals surface area contributed by atoms with Crippen LogP contribution in [-0.4, -0.2) is 44.5 Å². The summed E-state index contributed by atoms with van der Waals surface area (Å²) in [6.45, 7) is 2.99. The number of nitrogens with one attached hydrogen (secondary N) is 1. The molecule has 0 aromatic heterocycles. The van der Waals surface area contributed by atoms with E-state index in [1.807, 2.05) is 13.0 Å². The summed E-state index contributed by atoms with van der Waals surface area (Å²) < 4.78 is 24.3. The zero-order valence-corrected chi connectivity index (χ0v) is 12.1. The highest BCUT2D eigenvalue weighted by molar-refractivity contribution is 7.88. The van der Waals surface area contributed by atoms with Gasteiger partial charge in [-0.15, -0.1) is 0 Å². The van der Waals surface area contributed by atoms with Gasteiger partial charge < -0.3 is 5.32 Å². The van der Waals surface area contributed by atoms with Crippen LogP contribution in [0.1, 0.15) is 23.7 Å². The first-order chi connectivity index (χ1) is 8.95. The Hall–Kier alpha value is -1.40. The molecule has 0 fully saturated rings. The molecule has 1 amide bonds. The van der Waals surface area contributed by atoms with Crippen molar-refractivity contribution in [2.75, 3.05) is 25.9 Å². The molecule has 0 radical (unpaired) electrons. The number of amides is 1. The zero-order valence-electron chi connectivity index (χ0n) is 11.3. The van der Waals surface area contributed by atoms with Crippen LogP contribution >= 0.6 is 0 Å². The zero-order chi connectivity index (χ0) is 14.3. The molecule has 0 atom stereocenters. The molecule has 0 unspecified atom stereocenters. The number of nitrogens with zero attached hydrogens (tertiary/aromatic N) is 1. The molecule has 0 heterocycles. The van der Waals surface area contributed by atoms with Gasteiger partial charge in [-0.05, 0) is 18.6 Å². The number of carbonyl (C=O) groups is 1. The van der Waals surface area contributed by atoms with Gasteiger partial charge in [0.25, 0.3) is 5.91 Å². The van der Waals surface area contributed by atoms with E-state index in [1.165, 1.54) is 10.6 Å². The minimum atomic E-state index is -3.21. The van der Waals surface area contributed by atoms with Crippen LogP contribution in [0, 0.1) is 0 Å². The van der Waals surface area contributed by atoms with Crippen molar-refractivity contribution in [1.82, 2.24) is 9.62 Å². The van der Waals surface area contributed by atoms with Gasteiger partial charge in [-0.25, -0.2) is 12.7 Å². The highest BCUT2D eigenvalue weighted by atomic mass is 32.2. The normalized spacial score (nSPS) is 11.5. The number of rotatable bonds is 7. The van der Waals surface area contributed by atoms with Crippen LogP contribution in [0.25, 0.3) is 0 Å². The van der Waals surface area contributed by atoms with Crippen molar-refractivity contribution < 1.29 is 13.2 Å². The van der Waals surface area contributed by atoms with E-state index in [0.29, 0.717) is 25.2 Å². The lowest BCUT2D eigenvalue weighted by Gasteiger charge is -2.19. The molecule has 0 saturated heterocycles. The number of hydrogen-bond acceptors (Lipinski definition) is 3. The predicted molar refractivity (Wildman–Crippen MR) is 75.5 cm³/mol. The highest BCUT2D eigenvalue weighted by Gasteiger charge is 2.15. The van der Waals surface area contributed by atoms with Crippen molar-refractivity contribution in [2.45, 2.75) is 13.3 Å². The van der Waals surface area contributed by atoms with E-state index in [-0.39, 0.29) is 5.91 Å². The maximum Gasteiger partial charge on any atom is 0.251 e. The van der Waals surface area contributed by atoms with Crippen molar-refractivity contribution in [1.29, 1.82) is 0 Å². The smallest absolute Gasteiger partial charge is 0.251 e. The predicted octanol–water partition coefficient (Wildman–Crippen LogP) is 1.09. The van der Waals surface area contributed by atoms with Gasteiger partial charge in [0, 0.05) is 25.2 Å². The first-order valence-electron chi connectivity index (χ1n) is 6.23. The molecule has 0 aliphatic heterocycles. The van der Waals surface area contributed by atoms with E-state index in [0.717, 1.165) is 6.42 Å². The second kappa shape index (κ2) is 7.25. The van der Waals surface area contributed by atoms with Gasteiger partial charge in [-0.1, -0.05) is 25.1 Å². The van der Waals surface area contributed by atoms with Crippen LogP contribution in [0.3, 0.4) is 0 Å². The molecule has 1 aromatic carbocycles. The van der Waals surface area contributed by atoms with Gasteiger partial charge in [-0.3, -0.25) is 4.79 Å². The molecule has 1 aromatic rings. The molecule has 0 bridgehead atoms. The summed E-state index contributed by atoms with van der Waals surface area (Å²) in [5, 5.41) is 2.71. The highest BCUT2D eigenvalue weighted by Crippen LogP contribution is 2.00. The van der Waals surface area contributed by atoms with Gasteiger partial charge in [0.05, 0.1) is 6.26 Å². The number of carbonyl (C=O) groups excluding carboxylic acids is 1. The topological polar surface area (TPSA) is 66.5 Å². The quantitative estimate of drug-likeness (QED) is 0.815. The Bertz CT molecular complexity index is 500. The van der Waals surface area contributed by atoms with Crippen LogP contribution in [0.4, 0.5) is 0 Å². The van der Waals surface area contributed by atoms with E-state index in [4.69, 9.17) is 0 Å². The summed E-state index contributed by atoms with van der Waals surface area (Å²) in [5.74, 6) is -0.189. The van der Waals surface area contributed by atoms with Crippen molar-refractivity contribution >= 4 is 15.9 Å². The monoisotopic (exact) mass is 284 g/mol. The Balaban J connectivity index is 2.47. The Morgan fingerprint density at radius 1 is 1.21 bits per heavy atom. The minimum Gasteiger partial charge on any atom is -0.351 e. The van der Waals surface area contributed by atoms with Gasteiger partial charge in [-0.2, -0.15) is 0 Å². The summed E-state index contributed by atoms with van der Waals surface area (Å²) in [4.78, 5) is 11.8. The van der Waals surface area contributed by atoms with Gasteiger partial charge in [0.15, 0.2) is 0 Å². The molecule has 5 nitrogen and oxygen atoms in total. The first-order valence-corrected chi connectivity index (χ1v) is 8.08. The molecule has 1 N–H and O–H groups in total. The lowest BCUT2D eigenvalue weighted by atomic mass is 10.2. The molecule has 0 aliphatic carbocycles. The van der Waals surface area contributed by atoms with Crippen LogP contribution in [-0.2, 0) is 10.0 Å². The Morgan fingerprint density at radius 2 is 1.84 bits per heavy atom. The van der Waals surface area contributed by atoms with Gasteiger partial charge >= 0.3 is 0 Å². The Morgan fingerprint density at radius 3 is 2.37 bits per heavy atom. The van der Waals surface area contributed by atoms with E-state index in [1.54, 1.807) is 24.3 Å². The molecule has 6 heteroatoms. The summed E-state index contributed by atoms with van der Waals surface area (Å²) in [6.07, 6.45) is 1.93. The van der Waals surface area contributed by atoms with Crippen LogP contribution in [0.2, 0.25) is 0 Å². The first kappa shape index (κ1) is 15.7. The fourth-order valence-corrected chi connectivity index (χ4v) is 2.62. The van der Waals surface area contributed by atoms with E-state index in [2.05, 4.69) is 5.32 Å². The Kier molecular flexibility index (Phi) is 5.98. The third kappa shape index (κ3) is 5.40. The largest absolute Gasteiger partial charge is 0.351 e. The molecule has 106 valence electrons. The molecule has 0 aliphatic rings. The average molecular weight is 284 g/mol. The molecular formula is C13H20N2O3S. The minimum absolute atomic E-state index is 0.189. The lowest BCUT2D eigenvalue weighted by molar-refractivity contribution is 0.0951. The lowest BCUT2D eigenvalue weighted by Crippen LogP contribution is -2.38. The fraction of sp³-hybridized carbons (Fsp3) is 0.462. The van der Waals surface area contributed by atoms with Gasteiger partial charge in [0.1, 0.15) is 0 Å². The van der Waals surface area contributed by atoms with E-state index in [9.17, 15) is 13.2 Å². The van der Waals surface area contributed by atoms with Crippen molar-refractivity contribution in [3.8, 4) is 0 Å². The molecule has 0 saturated carbocycles. The number of hydrogen-bond donors (Lipinski definition) is 1. The molecule has 0 spiro atoms. The fourth-order valence-electron chi connectivity index (χ4n) is 1.68. The summed E-state index contributed by atoms with van der Waals surface area (Å²) in [6, 6.07) is 8.85. The molecular weight excluding hydrogens is 264 g/mol. The van der Waals surface area contributed by atoms with Crippen LogP contribution in [0.5, 0.6) is 0 Å². The maximum atomic E-state index is 11.8. The Labute approximate surface area is 114 Å². The summed E-state index contributed by atoms with van der Waals surface area (Å²) in [7, 11) is -3.21. The average Bonchev–Trinajstić information content (AvgIpc) is 2.37. The SMILES string of the molecule is CCCN(CCNC(=O)c1ccccc1)S(C)(=O)=O. The van der Waals surface area contributed by atoms with Crippen molar-refractivity contribution in [3.05, 3.63) is 35.9 Å². The summed E-state index contributed by atoms with van der Waals surface area (Å²) >= 11 is 0. The summed E-state index contributed by atoms with van der Waals surface area (Å²) in [5.41, 5.74) is 0.573. The third-order valence-corrected chi connectivity index (χ3v) is 3.93. The van der Waals surface area contributed by atoms with Crippen LogP contribution < -0.4 is 5.32 Å². The molecule has 19 heavy (non-hydrogen) atoms. The van der Waals surface area contributed by atoms with Crippen molar-refractivity contribution in [2.24, 2.45) is 0 Å². The van der Waals surface area contributed by atoms with E-state index >= 15 is 0 Å². The maximum absolute atomic E-state index is 11.8. The van der Waals surface area contributed by atoms with Gasteiger partial charge in [0.2, 0.25) is 10.0 Å². The number of sulfonamides is 1. The van der Waals surface area contributed by atoms with Crippen LogP contribution in [0.15, 0.2) is 30.3 Å². The third-order valence-electron chi connectivity index (χ3n) is 2.62. The second-order valence-corrected chi connectivity index (χ2v) is 6.27. The number of benzene rings is 1. The molecule has 1 rings (SSSR count). The van der Waals surface area contributed by atoms with Crippen molar-refractivity contribution in [3.63, 3.8) is 0 Å². The second-order valence-electron chi connectivity index (χ2n) is 4.28.